The molecule has 160 valence electrons. The van der Waals surface area contributed by atoms with E-state index in [9.17, 15) is 4.79 Å². The van der Waals surface area contributed by atoms with Crippen molar-refractivity contribution in [1.29, 1.82) is 0 Å². The number of carbonyl (C=O) groups excluding carboxylic acids is 1. The van der Waals surface area contributed by atoms with E-state index >= 15 is 0 Å². The first kappa shape index (κ1) is 20.8. The first-order valence-corrected chi connectivity index (χ1v) is 10.6. The number of pyridine rings is 2. The van der Waals surface area contributed by atoms with E-state index in [1.807, 2.05) is 62.2 Å². The van der Waals surface area contributed by atoms with Crippen molar-refractivity contribution in [1.82, 2.24) is 24.6 Å². The summed E-state index contributed by atoms with van der Waals surface area (Å²) in [5, 5.41) is 7.52. The Kier molecular flexibility index (Phi) is 6.11. The van der Waals surface area contributed by atoms with Gasteiger partial charge in [0.2, 0.25) is 5.91 Å². The Bertz CT molecular complexity index is 1100. The molecular weight excluding hydrogens is 388 g/mol. The van der Waals surface area contributed by atoms with E-state index in [1.165, 1.54) is 0 Å². The zero-order chi connectivity index (χ0) is 21.8. The molecule has 7 nitrogen and oxygen atoms in total. The highest BCUT2D eigenvalue weighted by Crippen LogP contribution is 2.29. The van der Waals surface area contributed by atoms with Gasteiger partial charge >= 0.3 is 0 Å². The third kappa shape index (κ3) is 5.17. The second kappa shape index (κ2) is 9.12. The highest BCUT2D eigenvalue weighted by molar-refractivity contribution is 5.91. The minimum Gasteiger partial charge on any atom is -0.340 e. The summed E-state index contributed by atoms with van der Waals surface area (Å²) in [5.41, 5.74) is 4.81. The molecular formula is C24H28N6O. The summed E-state index contributed by atoms with van der Waals surface area (Å²) in [4.78, 5) is 24.0. The van der Waals surface area contributed by atoms with E-state index in [2.05, 4.69) is 21.5 Å². The normalized spacial score (nSPS) is 16.6. The molecule has 3 aromatic rings. The Balaban J connectivity index is 1.47. The van der Waals surface area contributed by atoms with Gasteiger partial charge in [-0.2, -0.15) is 5.10 Å². The monoisotopic (exact) mass is 416 g/mol. The molecule has 4 rings (SSSR count). The van der Waals surface area contributed by atoms with E-state index in [1.54, 1.807) is 17.0 Å². The van der Waals surface area contributed by atoms with Gasteiger partial charge in [0.15, 0.2) is 0 Å². The van der Waals surface area contributed by atoms with Crippen molar-refractivity contribution in [3.05, 3.63) is 71.4 Å². The summed E-state index contributed by atoms with van der Waals surface area (Å²) in [6.07, 6.45) is 7.17. The van der Waals surface area contributed by atoms with Crippen LogP contribution in [0.5, 0.6) is 0 Å². The Hall–Kier alpha value is -3.48. The quantitative estimate of drug-likeness (QED) is 0.637. The number of likely N-dealkylation sites (tertiary alicyclic amines) is 1. The van der Waals surface area contributed by atoms with Crippen LogP contribution in [-0.4, -0.2) is 43.6 Å². The van der Waals surface area contributed by atoms with Crippen molar-refractivity contribution in [3.63, 3.8) is 0 Å². The van der Waals surface area contributed by atoms with Gasteiger partial charge in [0, 0.05) is 61.1 Å². The molecule has 4 heterocycles. The maximum atomic E-state index is 12.8. The molecule has 0 spiro atoms. The zero-order valence-electron chi connectivity index (χ0n) is 18.2. The number of nitrogens with zero attached hydrogens (tertiary/aromatic N) is 5. The number of amides is 1. The van der Waals surface area contributed by atoms with Crippen LogP contribution in [0, 0.1) is 13.8 Å². The molecule has 0 aliphatic carbocycles. The first-order chi connectivity index (χ1) is 15.0. The maximum absolute atomic E-state index is 12.8. The topological polar surface area (TPSA) is 75.9 Å². The van der Waals surface area contributed by atoms with E-state index in [4.69, 9.17) is 4.98 Å². The highest BCUT2D eigenvalue weighted by atomic mass is 16.2. The molecule has 1 aliphatic rings. The van der Waals surface area contributed by atoms with Crippen molar-refractivity contribution in [2.75, 3.05) is 18.4 Å². The second-order valence-electron chi connectivity index (χ2n) is 8.05. The van der Waals surface area contributed by atoms with Crippen LogP contribution in [0.25, 0.3) is 6.08 Å². The second-order valence-corrected chi connectivity index (χ2v) is 8.05. The van der Waals surface area contributed by atoms with Crippen molar-refractivity contribution in [2.45, 2.75) is 32.6 Å². The van der Waals surface area contributed by atoms with Gasteiger partial charge in [-0.1, -0.05) is 6.07 Å². The Morgan fingerprint density at radius 3 is 2.81 bits per heavy atom. The fraction of sp³-hybridized carbons (Fsp3) is 0.333. The minimum absolute atomic E-state index is 0.0286. The van der Waals surface area contributed by atoms with Crippen LogP contribution in [0.3, 0.4) is 0 Å². The molecule has 3 aromatic heterocycles. The van der Waals surface area contributed by atoms with E-state index in [-0.39, 0.29) is 11.8 Å². The molecule has 1 N–H and O–H groups in total. The molecule has 1 amide bonds. The zero-order valence-corrected chi connectivity index (χ0v) is 18.2. The number of hydrogen-bond donors (Lipinski definition) is 1. The van der Waals surface area contributed by atoms with Gasteiger partial charge in [0.05, 0.1) is 5.69 Å². The van der Waals surface area contributed by atoms with Gasteiger partial charge in [-0.05, 0) is 63.1 Å². The summed E-state index contributed by atoms with van der Waals surface area (Å²) >= 11 is 0. The Labute approximate surface area is 182 Å². The largest absolute Gasteiger partial charge is 0.340 e. The summed E-state index contributed by atoms with van der Waals surface area (Å²) in [5.74, 6) is 1.06. The molecule has 0 aromatic carbocycles. The molecule has 1 unspecified atom stereocenters. The number of carbonyl (C=O) groups is 1. The number of hydrogen-bond acceptors (Lipinski definition) is 5. The van der Waals surface area contributed by atoms with Crippen LogP contribution in [0.4, 0.5) is 11.5 Å². The fourth-order valence-electron chi connectivity index (χ4n) is 3.96. The lowest BCUT2D eigenvalue weighted by molar-refractivity contribution is -0.127. The fourth-order valence-corrected chi connectivity index (χ4v) is 3.96. The number of piperidine rings is 1. The predicted molar refractivity (Wildman–Crippen MR) is 122 cm³/mol. The average molecular weight is 417 g/mol. The summed E-state index contributed by atoms with van der Waals surface area (Å²) in [6, 6.07) is 11.9. The molecule has 1 saturated heterocycles. The van der Waals surface area contributed by atoms with Crippen molar-refractivity contribution < 1.29 is 4.79 Å². The molecule has 0 saturated carbocycles. The van der Waals surface area contributed by atoms with Crippen LogP contribution in [0.2, 0.25) is 0 Å². The van der Waals surface area contributed by atoms with E-state index < -0.39 is 0 Å². The molecule has 7 heteroatoms. The van der Waals surface area contributed by atoms with Crippen LogP contribution >= 0.6 is 0 Å². The van der Waals surface area contributed by atoms with Gasteiger partial charge in [-0.15, -0.1) is 0 Å². The van der Waals surface area contributed by atoms with Gasteiger partial charge < -0.3 is 10.2 Å². The van der Waals surface area contributed by atoms with Gasteiger partial charge in [0.1, 0.15) is 5.82 Å². The lowest BCUT2D eigenvalue weighted by Gasteiger charge is -2.32. The maximum Gasteiger partial charge on any atom is 0.246 e. The SMILES string of the molecule is Cc1cccc(Nc2cc(C)nc(C3CCCN(C(=O)/C=C/c4ccnn4C)C3)c2)n1. The molecule has 1 aliphatic heterocycles. The van der Waals surface area contributed by atoms with E-state index in [0.29, 0.717) is 6.54 Å². The Morgan fingerprint density at radius 2 is 2.03 bits per heavy atom. The number of rotatable bonds is 5. The summed E-state index contributed by atoms with van der Waals surface area (Å²) in [6.45, 7) is 5.42. The van der Waals surface area contributed by atoms with E-state index in [0.717, 1.165) is 53.7 Å². The van der Waals surface area contributed by atoms with Crippen molar-refractivity contribution >= 4 is 23.5 Å². The number of aromatic nitrogens is 4. The van der Waals surface area contributed by atoms with Crippen LogP contribution < -0.4 is 5.32 Å². The summed E-state index contributed by atoms with van der Waals surface area (Å²) < 4.78 is 1.75. The smallest absolute Gasteiger partial charge is 0.246 e. The number of anilines is 2. The lowest BCUT2D eigenvalue weighted by Crippen LogP contribution is -2.38. The average Bonchev–Trinajstić information content (AvgIpc) is 3.16. The van der Waals surface area contributed by atoms with Gasteiger partial charge in [-0.3, -0.25) is 14.5 Å². The van der Waals surface area contributed by atoms with Crippen LogP contribution in [0.15, 0.2) is 48.7 Å². The predicted octanol–water partition coefficient (Wildman–Crippen LogP) is 3.99. The molecule has 0 bridgehead atoms. The third-order valence-corrected chi connectivity index (χ3v) is 5.54. The minimum atomic E-state index is 0.0286. The van der Waals surface area contributed by atoms with Crippen molar-refractivity contribution in [2.24, 2.45) is 7.05 Å². The lowest BCUT2D eigenvalue weighted by atomic mass is 9.93. The van der Waals surface area contributed by atoms with Crippen LogP contribution in [0.1, 0.15) is 41.5 Å². The van der Waals surface area contributed by atoms with Crippen molar-refractivity contribution in [3.8, 4) is 0 Å². The third-order valence-electron chi connectivity index (χ3n) is 5.54. The van der Waals surface area contributed by atoms with Gasteiger partial charge in [-0.25, -0.2) is 4.98 Å². The first-order valence-electron chi connectivity index (χ1n) is 10.6. The molecule has 31 heavy (non-hydrogen) atoms. The standard InChI is InChI=1S/C24H28N6O/c1-17-6-4-8-23(27-17)28-20-14-18(2)26-22(15-20)19-7-5-13-30(16-19)24(31)10-9-21-11-12-25-29(21)3/h4,6,8-12,14-15,19H,5,7,13,16H2,1-3H3,(H,26,27,28)/b10-9+. The number of aryl methyl sites for hydroxylation is 3. The Morgan fingerprint density at radius 1 is 1.16 bits per heavy atom. The molecule has 1 fully saturated rings. The molecule has 1 atom stereocenters. The van der Waals surface area contributed by atoms with Crippen LogP contribution in [-0.2, 0) is 11.8 Å². The van der Waals surface area contributed by atoms with Gasteiger partial charge in [0.25, 0.3) is 0 Å². The highest BCUT2D eigenvalue weighted by Gasteiger charge is 2.25. The molecule has 0 radical (unpaired) electrons. The number of nitrogens with one attached hydrogen (secondary N) is 1. The summed E-state index contributed by atoms with van der Waals surface area (Å²) in [7, 11) is 1.86.